The fourth-order valence-corrected chi connectivity index (χ4v) is 1.16. The van der Waals surface area contributed by atoms with Gasteiger partial charge in [-0.25, -0.2) is 0 Å². The maximum absolute atomic E-state index is 8.72. The fourth-order valence-electron chi connectivity index (χ4n) is 1.16. The molecule has 0 saturated carbocycles. The summed E-state index contributed by atoms with van der Waals surface area (Å²) in [7, 11) is 0. The number of nitrogens with one attached hydrogen (secondary N) is 1. The van der Waals surface area contributed by atoms with Crippen molar-refractivity contribution in [1.82, 2.24) is 4.57 Å². The molecule has 0 fully saturated rings. The normalized spacial score (nSPS) is 12.6. The highest BCUT2D eigenvalue weighted by molar-refractivity contribution is 5.27. The third-order valence-electron chi connectivity index (χ3n) is 2.01. The summed E-state index contributed by atoms with van der Waals surface area (Å²) in [4.78, 5) is 0. The third kappa shape index (κ3) is 2.11. The summed E-state index contributed by atoms with van der Waals surface area (Å²) in [6.07, 6.45) is 5.47. The summed E-state index contributed by atoms with van der Waals surface area (Å²) in [5, 5.41) is 16.4. The molecule has 0 radical (unpaired) electrons. The first-order valence-electron chi connectivity index (χ1n) is 4.48. The lowest BCUT2D eigenvalue weighted by Crippen LogP contribution is -2.15. The van der Waals surface area contributed by atoms with Crippen LogP contribution in [0.2, 0.25) is 0 Å². The first-order valence-corrected chi connectivity index (χ1v) is 4.48. The van der Waals surface area contributed by atoms with Crippen LogP contribution < -0.4 is 5.49 Å². The summed E-state index contributed by atoms with van der Waals surface area (Å²) in [6.45, 7) is 3.73. The first kappa shape index (κ1) is 10.3. The highest BCUT2D eigenvalue weighted by atomic mass is 14.9. The van der Waals surface area contributed by atoms with Gasteiger partial charge >= 0.3 is 0 Å². The molecule has 0 amide bonds. The summed E-state index contributed by atoms with van der Waals surface area (Å²) >= 11 is 0. The quantitative estimate of drug-likeness (QED) is 0.757. The van der Waals surface area contributed by atoms with Crippen LogP contribution >= 0.6 is 0 Å². The van der Waals surface area contributed by atoms with Gasteiger partial charge in [0.25, 0.3) is 0 Å². The molecule has 0 bridgehead atoms. The zero-order chi connectivity index (χ0) is 10.6. The van der Waals surface area contributed by atoms with Gasteiger partial charge in [0.2, 0.25) is 0 Å². The largest absolute Gasteiger partial charge is 0.309 e. The SMILES string of the molecule is C/C=C\n1ccc(C(C)C#N)cc1=N. The van der Waals surface area contributed by atoms with Crippen molar-refractivity contribution in [3.8, 4) is 6.07 Å². The van der Waals surface area contributed by atoms with E-state index in [-0.39, 0.29) is 5.92 Å². The molecule has 3 nitrogen and oxygen atoms in total. The molecule has 1 heterocycles. The summed E-state index contributed by atoms with van der Waals surface area (Å²) in [5.74, 6) is -0.153. The predicted octanol–water partition coefficient (Wildman–Crippen LogP) is 2.09. The molecule has 1 N–H and O–H groups in total. The van der Waals surface area contributed by atoms with Crippen molar-refractivity contribution in [3.63, 3.8) is 0 Å². The van der Waals surface area contributed by atoms with Gasteiger partial charge in [0.1, 0.15) is 5.49 Å². The Morgan fingerprint density at radius 3 is 2.86 bits per heavy atom. The molecule has 1 rings (SSSR count). The third-order valence-corrected chi connectivity index (χ3v) is 2.01. The van der Waals surface area contributed by atoms with Gasteiger partial charge in [-0.05, 0) is 31.5 Å². The van der Waals surface area contributed by atoms with Crippen LogP contribution in [0.25, 0.3) is 6.20 Å². The van der Waals surface area contributed by atoms with E-state index in [2.05, 4.69) is 6.07 Å². The van der Waals surface area contributed by atoms with E-state index in [4.69, 9.17) is 10.7 Å². The molecule has 0 spiro atoms. The molecular formula is C11H13N3. The minimum atomic E-state index is -0.153. The van der Waals surface area contributed by atoms with Crippen LogP contribution in [0.5, 0.6) is 0 Å². The zero-order valence-corrected chi connectivity index (χ0v) is 8.36. The zero-order valence-electron chi connectivity index (χ0n) is 8.36. The number of rotatable bonds is 2. The second kappa shape index (κ2) is 4.43. The highest BCUT2D eigenvalue weighted by Gasteiger charge is 2.02. The van der Waals surface area contributed by atoms with E-state index in [1.807, 2.05) is 32.2 Å². The van der Waals surface area contributed by atoms with Gasteiger partial charge in [0.15, 0.2) is 0 Å². The van der Waals surface area contributed by atoms with Gasteiger partial charge in [-0.3, -0.25) is 5.41 Å². The number of allylic oxidation sites excluding steroid dienone is 1. The number of hydrogen-bond donors (Lipinski definition) is 1. The van der Waals surface area contributed by atoms with Gasteiger partial charge in [-0.2, -0.15) is 5.26 Å². The number of nitriles is 1. The number of hydrogen-bond acceptors (Lipinski definition) is 2. The van der Waals surface area contributed by atoms with Crippen molar-refractivity contribution < 1.29 is 0 Å². The molecule has 1 aromatic heterocycles. The van der Waals surface area contributed by atoms with Crippen LogP contribution in [0.3, 0.4) is 0 Å². The molecule has 0 aliphatic heterocycles. The topological polar surface area (TPSA) is 52.6 Å². The smallest absolute Gasteiger partial charge is 0.129 e. The van der Waals surface area contributed by atoms with E-state index in [0.717, 1.165) is 5.56 Å². The molecular weight excluding hydrogens is 174 g/mol. The van der Waals surface area contributed by atoms with Crippen LogP contribution in [-0.2, 0) is 0 Å². The maximum atomic E-state index is 8.72. The Balaban J connectivity index is 3.14. The molecule has 1 unspecified atom stereocenters. The molecule has 1 aromatic rings. The van der Waals surface area contributed by atoms with E-state index in [1.165, 1.54) is 0 Å². The van der Waals surface area contributed by atoms with Gasteiger partial charge in [-0.1, -0.05) is 6.08 Å². The predicted molar refractivity (Wildman–Crippen MR) is 55.3 cm³/mol. The van der Waals surface area contributed by atoms with Crippen molar-refractivity contribution in [2.24, 2.45) is 0 Å². The van der Waals surface area contributed by atoms with Gasteiger partial charge in [0.05, 0.1) is 12.0 Å². The van der Waals surface area contributed by atoms with Gasteiger partial charge in [0, 0.05) is 12.4 Å². The standard InChI is InChI=1S/C11H13N3/c1-3-5-14-6-4-10(7-11(14)13)9(2)8-12/h3-7,9,13H,1-2H3/b5-3-,13-11?. The van der Waals surface area contributed by atoms with Crippen molar-refractivity contribution in [1.29, 1.82) is 10.7 Å². The molecule has 72 valence electrons. The van der Waals surface area contributed by atoms with E-state index in [9.17, 15) is 0 Å². The molecule has 0 saturated heterocycles. The van der Waals surface area contributed by atoms with Crippen molar-refractivity contribution in [3.05, 3.63) is 35.5 Å². The molecule has 0 aliphatic rings. The minimum Gasteiger partial charge on any atom is -0.309 e. The number of pyridine rings is 1. The van der Waals surface area contributed by atoms with E-state index >= 15 is 0 Å². The van der Waals surface area contributed by atoms with Crippen molar-refractivity contribution >= 4 is 6.20 Å². The Morgan fingerprint density at radius 2 is 2.36 bits per heavy atom. The van der Waals surface area contributed by atoms with Crippen molar-refractivity contribution in [2.45, 2.75) is 19.8 Å². The second-order valence-corrected chi connectivity index (χ2v) is 3.09. The molecule has 3 heteroatoms. The van der Waals surface area contributed by atoms with Gasteiger partial charge in [-0.15, -0.1) is 0 Å². The average molecular weight is 187 g/mol. The lowest BCUT2D eigenvalue weighted by atomic mass is 10.0. The fraction of sp³-hybridized carbons (Fsp3) is 0.273. The summed E-state index contributed by atoms with van der Waals surface area (Å²) in [5.41, 5.74) is 1.28. The highest BCUT2D eigenvalue weighted by Crippen LogP contribution is 2.10. The van der Waals surface area contributed by atoms with Crippen molar-refractivity contribution in [2.75, 3.05) is 0 Å². The summed E-state index contributed by atoms with van der Waals surface area (Å²) < 4.78 is 1.70. The van der Waals surface area contributed by atoms with Crippen LogP contribution in [0.4, 0.5) is 0 Å². The Kier molecular flexibility index (Phi) is 3.24. The Hall–Kier alpha value is -1.82. The maximum Gasteiger partial charge on any atom is 0.129 e. The van der Waals surface area contributed by atoms with E-state index in [1.54, 1.807) is 16.8 Å². The summed E-state index contributed by atoms with van der Waals surface area (Å²) in [6, 6.07) is 5.73. The minimum absolute atomic E-state index is 0.153. The Bertz CT molecular complexity index is 435. The van der Waals surface area contributed by atoms with E-state index in [0.29, 0.717) is 5.49 Å². The molecule has 14 heavy (non-hydrogen) atoms. The Morgan fingerprint density at radius 1 is 1.64 bits per heavy atom. The lowest BCUT2D eigenvalue weighted by molar-refractivity contribution is 0.914. The van der Waals surface area contributed by atoms with E-state index < -0.39 is 0 Å². The number of nitrogens with zero attached hydrogens (tertiary/aromatic N) is 2. The van der Waals surface area contributed by atoms with Crippen LogP contribution in [0.15, 0.2) is 24.4 Å². The van der Waals surface area contributed by atoms with Crippen LogP contribution in [-0.4, -0.2) is 4.57 Å². The van der Waals surface area contributed by atoms with Crippen LogP contribution in [0, 0.1) is 16.7 Å². The van der Waals surface area contributed by atoms with Gasteiger partial charge < -0.3 is 4.57 Å². The van der Waals surface area contributed by atoms with Crippen LogP contribution in [0.1, 0.15) is 25.3 Å². The lowest BCUT2D eigenvalue weighted by Gasteiger charge is -2.05. The first-order chi connectivity index (χ1) is 6.69. The second-order valence-electron chi connectivity index (χ2n) is 3.09. The monoisotopic (exact) mass is 187 g/mol. The average Bonchev–Trinajstić information content (AvgIpc) is 2.20. The number of aromatic nitrogens is 1. The molecule has 0 aromatic carbocycles. The molecule has 1 atom stereocenters. The Labute approximate surface area is 83.4 Å². The molecule has 0 aliphatic carbocycles.